The van der Waals surface area contributed by atoms with Crippen LogP contribution in [0, 0.1) is 0 Å². The number of rotatable bonds is 3. The molecule has 0 N–H and O–H groups in total. The van der Waals surface area contributed by atoms with E-state index < -0.39 is 5.60 Å². The third-order valence-electron chi connectivity index (χ3n) is 2.52. The Kier molecular flexibility index (Phi) is 4.59. The Morgan fingerprint density at radius 3 is 2.69 bits per heavy atom. The number of amides is 1. The van der Waals surface area contributed by atoms with E-state index in [9.17, 15) is 4.79 Å². The molecule has 1 fully saturated rings. The van der Waals surface area contributed by atoms with Gasteiger partial charge in [0.1, 0.15) is 5.60 Å². The molecule has 1 rings (SSSR count). The quantitative estimate of drug-likeness (QED) is 0.746. The highest BCUT2D eigenvalue weighted by Crippen LogP contribution is 2.20. The van der Waals surface area contributed by atoms with Crippen LogP contribution in [0.4, 0.5) is 4.79 Å². The van der Waals surface area contributed by atoms with Crippen LogP contribution in [0.25, 0.3) is 0 Å². The summed E-state index contributed by atoms with van der Waals surface area (Å²) in [7, 11) is 0. The van der Waals surface area contributed by atoms with Crippen LogP contribution < -0.4 is 0 Å². The Hall–Kier alpha value is -0.770. The third kappa shape index (κ3) is 4.00. The first kappa shape index (κ1) is 13.3. The maximum absolute atomic E-state index is 11.9. The second-order valence-electron chi connectivity index (χ2n) is 5.13. The minimum Gasteiger partial charge on any atom is -0.444 e. The first-order valence-corrected chi connectivity index (χ1v) is 6.01. The first-order chi connectivity index (χ1) is 7.44. The molecule has 1 aliphatic rings. The van der Waals surface area contributed by atoms with Crippen molar-refractivity contribution in [2.45, 2.75) is 52.2 Å². The lowest BCUT2D eigenvalue weighted by molar-refractivity contribution is 0.0117. The predicted octanol–water partition coefficient (Wildman–Crippen LogP) is 2.42. The highest BCUT2D eigenvalue weighted by molar-refractivity contribution is 5.68. The van der Waals surface area contributed by atoms with Crippen molar-refractivity contribution in [3.8, 4) is 0 Å². The van der Waals surface area contributed by atoms with Crippen LogP contribution in [0.3, 0.4) is 0 Å². The smallest absolute Gasteiger partial charge is 0.410 e. The number of carbonyl (C=O) groups excluding carboxylic acids is 1. The average Bonchev–Trinajstić information content (AvgIpc) is 2.59. The topological polar surface area (TPSA) is 38.8 Å². The van der Waals surface area contributed by atoms with Gasteiger partial charge in [-0.1, -0.05) is 0 Å². The predicted molar refractivity (Wildman–Crippen MR) is 62.5 cm³/mol. The number of hydrogen-bond acceptors (Lipinski definition) is 3. The lowest BCUT2D eigenvalue weighted by atomic mass is 10.2. The standard InChI is InChI=1S/C12H23NO3/c1-5-15-9-10-7-6-8-13(10)11(14)16-12(2,3)4/h10H,5-9H2,1-4H3. The molecule has 4 heteroatoms. The molecule has 1 saturated heterocycles. The summed E-state index contributed by atoms with van der Waals surface area (Å²) >= 11 is 0. The van der Waals surface area contributed by atoms with E-state index in [2.05, 4.69) is 0 Å². The van der Waals surface area contributed by atoms with Crippen molar-refractivity contribution in [2.75, 3.05) is 19.8 Å². The van der Waals surface area contributed by atoms with Crippen LogP contribution in [0.2, 0.25) is 0 Å². The van der Waals surface area contributed by atoms with Crippen LogP contribution in [0.5, 0.6) is 0 Å². The molecule has 94 valence electrons. The molecule has 0 saturated carbocycles. The van der Waals surface area contributed by atoms with Crippen LogP contribution in [0.15, 0.2) is 0 Å². The van der Waals surface area contributed by atoms with E-state index in [1.807, 2.05) is 27.7 Å². The van der Waals surface area contributed by atoms with Gasteiger partial charge in [-0.3, -0.25) is 0 Å². The van der Waals surface area contributed by atoms with Crippen molar-refractivity contribution in [2.24, 2.45) is 0 Å². The fraction of sp³-hybridized carbons (Fsp3) is 0.917. The van der Waals surface area contributed by atoms with Crippen LogP contribution in [-0.4, -0.2) is 42.4 Å². The number of likely N-dealkylation sites (tertiary alicyclic amines) is 1. The Balaban J connectivity index is 2.47. The van der Waals surface area contributed by atoms with Gasteiger partial charge in [0, 0.05) is 13.2 Å². The fourth-order valence-corrected chi connectivity index (χ4v) is 1.82. The molecule has 0 aromatic heterocycles. The van der Waals surface area contributed by atoms with Gasteiger partial charge in [-0.25, -0.2) is 4.79 Å². The van der Waals surface area contributed by atoms with Crippen LogP contribution in [0.1, 0.15) is 40.5 Å². The van der Waals surface area contributed by atoms with Gasteiger partial charge in [-0.05, 0) is 40.5 Å². The molecule has 1 heterocycles. The number of hydrogen-bond donors (Lipinski definition) is 0. The van der Waals surface area contributed by atoms with Gasteiger partial charge < -0.3 is 14.4 Å². The summed E-state index contributed by atoms with van der Waals surface area (Å²) in [6, 6.07) is 0.190. The van der Waals surface area contributed by atoms with Crippen molar-refractivity contribution in [3.63, 3.8) is 0 Å². The van der Waals surface area contributed by atoms with Crippen LogP contribution in [-0.2, 0) is 9.47 Å². The maximum atomic E-state index is 11.9. The molecule has 16 heavy (non-hydrogen) atoms. The zero-order chi connectivity index (χ0) is 12.2. The average molecular weight is 229 g/mol. The lowest BCUT2D eigenvalue weighted by Crippen LogP contribution is -2.41. The summed E-state index contributed by atoms with van der Waals surface area (Å²) in [5.74, 6) is 0. The van der Waals surface area contributed by atoms with Gasteiger partial charge in [0.15, 0.2) is 0 Å². The van der Waals surface area contributed by atoms with E-state index >= 15 is 0 Å². The zero-order valence-corrected chi connectivity index (χ0v) is 10.8. The monoisotopic (exact) mass is 229 g/mol. The third-order valence-corrected chi connectivity index (χ3v) is 2.52. The lowest BCUT2D eigenvalue weighted by Gasteiger charge is -2.28. The Labute approximate surface area is 97.9 Å². The summed E-state index contributed by atoms with van der Waals surface area (Å²) in [5.41, 5.74) is -0.421. The zero-order valence-electron chi connectivity index (χ0n) is 10.8. The van der Waals surface area contributed by atoms with Gasteiger partial charge in [-0.15, -0.1) is 0 Å². The Morgan fingerprint density at radius 1 is 1.44 bits per heavy atom. The molecule has 1 atom stereocenters. The molecule has 1 aliphatic heterocycles. The van der Waals surface area contributed by atoms with E-state index in [1.165, 1.54) is 0 Å². The summed E-state index contributed by atoms with van der Waals surface area (Å²) in [5, 5.41) is 0. The summed E-state index contributed by atoms with van der Waals surface area (Å²) in [6.45, 7) is 9.73. The van der Waals surface area contributed by atoms with Gasteiger partial charge in [0.05, 0.1) is 12.6 Å². The molecule has 0 bridgehead atoms. The van der Waals surface area contributed by atoms with E-state index in [0.717, 1.165) is 19.4 Å². The number of ether oxygens (including phenoxy) is 2. The summed E-state index contributed by atoms with van der Waals surface area (Å²) in [6.07, 6.45) is 1.84. The van der Waals surface area contributed by atoms with E-state index in [4.69, 9.17) is 9.47 Å². The first-order valence-electron chi connectivity index (χ1n) is 6.01. The maximum Gasteiger partial charge on any atom is 0.410 e. The molecule has 4 nitrogen and oxygen atoms in total. The number of carbonyl (C=O) groups is 1. The van der Waals surface area contributed by atoms with Gasteiger partial charge in [0.2, 0.25) is 0 Å². The second kappa shape index (κ2) is 5.53. The van der Waals surface area contributed by atoms with E-state index in [1.54, 1.807) is 4.90 Å². The molecular formula is C12H23NO3. The van der Waals surface area contributed by atoms with E-state index in [0.29, 0.717) is 13.2 Å². The molecule has 0 spiro atoms. The Bertz CT molecular complexity index is 235. The molecule has 1 unspecified atom stereocenters. The van der Waals surface area contributed by atoms with Crippen molar-refractivity contribution < 1.29 is 14.3 Å². The summed E-state index contributed by atoms with van der Waals surface area (Å²) in [4.78, 5) is 13.7. The normalized spacial score (nSPS) is 21.2. The molecule has 1 amide bonds. The SMILES string of the molecule is CCOCC1CCCN1C(=O)OC(C)(C)C. The second-order valence-corrected chi connectivity index (χ2v) is 5.13. The minimum absolute atomic E-state index is 0.190. The minimum atomic E-state index is -0.421. The number of nitrogens with zero attached hydrogens (tertiary/aromatic N) is 1. The highest BCUT2D eigenvalue weighted by Gasteiger charge is 2.31. The fourth-order valence-electron chi connectivity index (χ4n) is 1.82. The van der Waals surface area contributed by atoms with Gasteiger partial charge in [-0.2, -0.15) is 0 Å². The van der Waals surface area contributed by atoms with Crippen molar-refractivity contribution >= 4 is 6.09 Å². The van der Waals surface area contributed by atoms with Crippen molar-refractivity contribution in [3.05, 3.63) is 0 Å². The Morgan fingerprint density at radius 2 is 2.12 bits per heavy atom. The highest BCUT2D eigenvalue weighted by atomic mass is 16.6. The largest absolute Gasteiger partial charge is 0.444 e. The molecular weight excluding hydrogens is 206 g/mol. The van der Waals surface area contributed by atoms with Crippen molar-refractivity contribution in [1.82, 2.24) is 4.90 Å². The molecule has 0 aromatic rings. The molecule has 0 radical (unpaired) electrons. The van der Waals surface area contributed by atoms with Gasteiger partial charge in [0.25, 0.3) is 0 Å². The van der Waals surface area contributed by atoms with Gasteiger partial charge >= 0.3 is 6.09 Å². The molecule has 0 aliphatic carbocycles. The van der Waals surface area contributed by atoms with E-state index in [-0.39, 0.29) is 12.1 Å². The summed E-state index contributed by atoms with van der Waals surface area (Å²) < 4.78 is 10.7. The van der Waals surface area contributed by atoms with Crippen LogP contribution >= 0.6 is 0 Å². The molecule has 0 aromatic carbocycles. The van der Waals surface area contributed by atoms with Crippen molar-refractivity contribution in [1.29, 1.82) is 0 Å².